The number of hydrogen-bond donors (Lipinski definition) is 1. The van der Waals surface area contributed by atoms with Gasteiger partial charge in [0.15, 0.2) is 5.82 Å². The fourth-order valence-corrected chi connectivity index (χ4v) is 3.65. The number of nitrogens with zero attached hydrogens (tertiary/aromatic N) is 4. The first kappa shape index (κ1) is 19.3. The van der Waals surface area contributed by atoms with Crippen molar-refractivity contribution in [3.63, 3.8) is 0 Å². The number of nitrogens with one attached hydrogen (secondary N) is 1. The predicted molar refractivity (Wildman–Crippen MR) is 109 cm³/mol. The molecule has 6 nitrogen and oxygen atoms in total. The molecule has 29 heavy (non-hydrogen) atoms. The molecule has 0 saturated carbocycles. The molecule has 0 radical (unpaired) electrons. The van der Waals surface area contributed by atoms with Crippen molar-refractivity contribution in [1.82, 2.24) is 25.0 Å². The van der Waals surface area contributed by atoms with Crippen LogP contribution in [0.5, 0.6) is 0 Å². The largest absolute Gasteiger partial charge is 0.336 e. The second kappa shape index (κ2) is 8.13. The first-order chi connectivity index (χ1) is 14.0. The van der Waals surface area contributed by atoms with E-state index >= 15 is 0 Å². The number of carbonyl (C=O) groups excluding carboxylic acids is 1. The van der Waals surface area contributed by atoms with Crippen molar-refractivity contribution >= 4 is 5.91 Å². The van der Waals surface area contributed by atoms with Gasteiger partial charge in [-0.25, -0.2) is 4.39 Å². The molecule has 1 aromatic heterocycles. The van der Waals surface area contributed by atoms with Gasteiger partial charge in [0.1, 0.15) is 11.6 Å². The van der Waals surface area contributed by atoms with Crippen LogP contribution in [0, 0.1) is 12.7 Å². The summed E-state index contributed by atoms with van der Waals surface area (Å²) in [6, 6.07) is 14.2. The number of aryl methyl sites for hydroxylation is 1. The minimum atomic E-state index is -0.234. The molecular formula is C22H24FN5O. The number of rotatable bonds is 4. The Kier molecular flexibility index (Phi) is 5.40. The molecule has 1 amide bonds. The summed E-state index contributed by atoms with van der Waals surface area (Å²) in [5.74, 6) is 1.41. The lowest BCUT2D eigenvalue weighted by molar-refractivity contribution is 0.0703. The van der Waals surface area contributed by atoms with Crippen molar-refractivity contribution in [1.29, 1.82) is 0 Å². The molecule has 1 saturated heterocycles. The lowest BCUT2D eigenvalue weighted by atomic mass is 10.0. The summed E-state index contributed by atoms with van der Waals surface area (Å²) in [7, 11) is 1.92. The summed E-state index contributed by atoms with van der Waals surface area (Å²) < 4.78 is 15.0. The van der Waals surface area contributed by atoms with Gasteiger partial charge in [0.25, 0.3) is 5.91 Å². The molecule has 1 fully saturated rings. The topological polar surface area (TPSA) is 63.1 Å². The van der Waals surface area contributed by atoms with Crippen molar-refractivity contribution in [3.05, 3.63) is 71.3 Å². The van der Waals surface area contributed by atoms with Crippen LogP contribution in [0.25, 0.3) is 11.4 Å². The van der Waals surface area contributed by atoms with Gasteiger partial charge in [0.05, 0.1) is 0 Å². The molecule has 0 aliphatic carbocycles. The lowest BCUT2D eigenvalue weighted by Gasteiger charge is -2.34. The fourth-order valence-electron chi connectivity index (χ4n) is 3.65. The Morgan fingerprint density at radius 1 is 1.14 bits per heavy atom. The van der Waals surface area contributed by atoms with Gasteiger partial charge in [-0.15, -0.1) is 10.2 Å². The van der Waals surface area contributed by atoms with E-state index in [1.54, 1.807) is 12.1 Å². The standard InChI is InChI=1S/C22H24FN5O/c1-15-25-26-21(27(15)2)17-5-7-18(8-6-17)22(29)28-12-11-24-20(14-28)13-16-3-9-19(23)10-4-16/h3-10,20,24H,11-14H2,1-2H3. The second-order valence-corrected chi connectivity index (χ2v) is 7.44. The number of benzene rings is 2. The highest BCUT2D eigenvalue weighted by atomic mass is 19.1. The summed E-state index contributed by atoms with van der Waals surface area (Å²) in [5, 5.41) is 11.7. The quantitative estimate of drug-likeness (QED) is 0.740. The molecular weight excluding hydrogens is 369 g/mol. The molecule has 1 atom stereocenters. The summed E-state index contributed by atoms with van der Waals surface area (Å²) >= 11 is 0. The van der Waals surface area contributed by atoms with E-state index < -0.39 is 0 Å². The summed E-state index contributed by atoms with van der Waals surface area (Å²) in [6.45, 7) is 3.94. The molecule has 1 unspecified atom stereocenters. The fraction of sp³-hybridized carbons (Fsp3) is 0.318. The predicted octanol–water partition coefficient (Wildman–Crippen LogP) is 2.59. The van der Waals surface area contributed by atoms with Crippen molar-refractivity contribution < 1.29 is 9.18 Å². The molecule has 2 aromatic carbocycles. The Balaban J connectivity index is 1.43. The Bertz CT molecular complexity index is 997. The Labute approximate surface area is 169 Å². The van der Waals surface area contributed by atoms with Crippen LogP contribution in [0.4, 0.5) is 4.39 Å². The number of piperazine rings is 1. The second-order valence-electron chi connectivity index (χ2n) is 7.44. The van der Waals surface area contributed by atoms with E-state index in [-0.39, 0.29) is 17.8 Å². The average molecular weight is 393 g/mol. The van der Waals surface area contributed by atoms with Crippen LogP contribution in [0.15, 0.2) is 48.5 Å². The number of halogens is 1. The highest BCUT2D eigenvalue weighted by Gasteiger charge is 2.24. The minimum absolute atomic E-state index is 0.0244. The van der Waals surface area contributed by atoms with E-state index in [0.717, 1.165) is 35.7 Å². The molecule has 0 bridgehead atoms. The molecule has 3 aromatic rings. The van der Waals surface area contributed by atoms with Crippen LogP contribution < -0.4 is 5.32 Å². The average Bonchev–Trinajstić information content (AvgIpc) is 3.08. The summed E-state index contributed by atoms with van der Waals surface area (Å²) in [5.41, 5.74) is 2.65. The molecule has 150 valence electrons. The van der Waals surface area contributed by atoms with E-state index in [0.29, 0.717) is 18.7 Å². The third-order valence-corrected chi connectivity index (χ3v) is 5.42. The SMILES string of the molecule is Cc1nnc(-c2ccc(C(=O)N3CCNC(Cc4ccc(F)cc4)C3)cc2)n1C. The van der Waals surface area contributed by atoms with Crippen LogP contribution in [-0.2, 0) is 13.5 Å². The van der Waals surface area contributed by atoms with Gasteiger partial charge in [-0.3, -0.25) is 4.79 Å². The van der Waals surface area contributed by atoms with Crippen LogP contribution in [0.2, 0.25) is 0 Å². The van der Waals surface area contributed by atoms with E-state index in [1.165, 1.54) is 12.1 Å². The van der Waals surface area contributed by atoms with Crippen LogP contribution in [-0.4, -0.2) is 51.2 Å². The lowest BCUT2D eigenvalue weighted by Crippen LogP contribution is -2.53. The molecule has 1 aliphatic heterocycles. The van der Waals surface area contributed by atoms with Gasteiger partial charge in [-0.2, -0.15) is 0 Å². The maximum Gasteiger partial charge on any atom is 0.253 e. The van der Waals surface area contributed by atoms with Crippen LogP contribution in [0.1, 0.15) is 21.7 Å². The van der Waals surface area contributed by atoms with Gasteiger partial charge in [0, 0.05) is 43.9 Å². The monoisotopic (exact) mass is 393 g/mol. The number of amides is 1. The molecule has 7 heteroatoms. The molecule has 0 spiro atoms. The van der Waals surface area contributed by atoms with E-state index in [9.17, 15) is 9.18 Å². The number of carbonyl (C=O) groups is 1. The summed E-state index contributed by atoms with van der Waals surface area (Å²) in [6.07, 6.45) is 0.758. The third-order valence-electron chi connectivity index (χ3n) is 5.42. The Morgan fingerprint density at radius 2 is 1.86 bits per heavy atom. The summed E-state index contributed by atoms with van der Waals surface area (Å²) in [4.78, 5) is 14.9. The van der Waals surface area contributed by atoms with Gasteiger partial charge in [-0.05, 0) is 43.2 Å². The van der Waals surface area contributed by atoms with Crippen LogP contribution >= 0.6 is 0 Å². The third kappa shape index (κ3) is 4.19. The zero-order valence-electron chi connectivity index (χ0n) is 16.6. The van der Waals surface area contributed by atoms with Gasteiger partial charge in [0.2, 0.25) is 0 Å². The van der Waals surface area contributed by atoms with Gasteiger partial charge < -0.3 is 14.8 Å². The first-order valence-electron chi connectivity index (χ1n) is 9.75. The van der Waals surface area contributed by atoms with Crippen molar-refractivity contribution in [2.75, 3.05) is 19.6 Å². The van der Waals surface area contributed by atoms with E-state index in [4.69, 9.17) is 0 Å². The maximum atomic E-state index is 13.1. The zero-order chi connectivity index (χ0) is 20.4. The van der Waals surface area contributed by atoms with E-state index in [2.05, 4.69) is 15.5 Å². The van der Waals surface area contributed by atoms with Gasteiger partial charge >= 0.3 is 0 Å². The van der Waals surface area contributed by atoms with Crippen molar-refractivity contribution in [2.24, 2.45) is 7.05 Å². The zero-order valence-corrected chi connectivity index (χ0v) is 16.6. The Morgan fingerprint density at radius 3 is 2.52 bits per heavy atom. The normalized spacial score (nSPS) is 16.8. The first-order valence-corrected chi connectivity index (χ1v) is 9.75. The van der Waals surface area contributed by atoms with Crippen molar-refractivity contribution in [3.8, 4) is 11.4 Å². The smallest absolute Gasteiger partial charge is 0.253 e. The van der Waals surface area contributed by atoms with Gasteiger partial charge in [-0.1, -0.05) is 24.3 Å². The molecule has 1 aliphatic rings. The number of hydrogen-bond acceptors (Lipinski definition) is 4. The molecule has 4 rings (SSSR count). The van der Waals surface area contributed by atoms with Crippen LogP contribution in [0.3, 0.4) is 0 Å². The highest BCUT2D eigenvalue weighted by molar-refractivity contribution is 5.94. The molecule has 2 heterocycles. The Hall–Kier alpha value is -3.06. The maximum absolute atomic E-state index is 13.1. The van der Waals surface area contributed by atoms with Crippen molar-refractivity contribution in [2.45, 2.75) is 19.4 Å². The molecule has 1 N–H and O–H groups in total. The highest BCUT2D eigenvalue weighted by Crippen LogP contribution is 2.19. The van der Waals surface area contributed by atoms with E-state index in [1.807, 2.05) is 47.7 Å². The minimum Gasteiger partial charge on any atom is -0.336 e. The number of aromatic nitrogens is 3.